The SMILES string of the molecule is C=C(/C=C\C(=C/C)NC(OC)N(CCC)CN(C)Cc1ccccc1)OC.CC.CC.CF. The molecule has 0 saturated carbocycles. The molecule has 0 aromatic heterocycles. The van der Waals surface area contributed by atoms with E-state index in [1.54, 1.807) is 14.2 Å². The van der Waals surface area contributed by atoms with E-state index in [2.05, 4.69) is 59.9 Å². The molecule has 1 aromatic carbocycles. The Morgan fingerprint density at radius 1 is 1.09 bits per heavy atom. The molecule has 0 heterocycles. The molecule has 0 aliphatic carbocycles. The zero-order valence-electron chi connectivity index (χ0n) is 22.8. The van der Waals surface area contributed by atoms with Gasteiger partial charge in [0.2, 0.25) is 0 Å². The number of nitrogens with one attached hydrogen (secondary N) is 1. The average Bonchev–Trinajstić information content (AvgIpc) is 2.88. The van der Waals surface area contributed by atoms with E-state index < -0.39 is 0 Å². The summed E-state index contributed by atoms with van der Waals surface area (Å²) in [6.45, 7) is 18.6. The summed E-state index contributed by atoms with van der Waals surface area (Å²) in [6, 6.07) is 10.5. The van der Waals surface area contributed by atoms with Crippen LogP contribution >= 0.6 is 0 Å². The molecule has 0 amide bonds. The Morgan fingerprint density at radius 2 is 1.67 bits per heavy atom. The second-order valence-electron chi connectivity index (χ2n) is 6.43. The third kappa shape index (κ3) is 18.0. The molecule has 1 aromatic rings. The third-order valence-electron chi connectivity index (χ3n) is 4.10. The molecule has 0 saturated heterocycles. The molecule has 0 radical (unpaired) electrons. The molecule has 1 atom stereocenters. The van der Waals surface area contributed by atoms with Gasteiger partial charge in [0.1, 0.15) is 5.76 Å². The van der Waals surface area contributed by atoms with Gasteiger partial charge in [-0.3, -0.25) is 9.29 Å². The van der Waals surface area contributed by atoms with Crippen LogP contribution in [0.25, 0.3) is 0 Å². The van der Waals surface area contributed by atoms with E-state index in [4.69, 9.17) is 9.47 Å². The highest BCUT2D eigenvalue weighted by Crippen LogP contribution is 2.08. The number of hydrogen-bond donors (Lipinski definition) is 1. The normalized spacial score (nSPS) is 11.5. The van der Waals surface area contributed by atoms with E-state index in [0.717, 1.165) is 31.9 Å². The number of methoxy groups -OCH3 is 2. The summed E-state index contributed by atoms with van der Waals surface area (Å²) in [7, 11) is 5.96. The molecule has 0 fully saturated rings. The molecule has 1 rings (SSSR count). The van der Waals surface area contributed by atoms with E-state index in [9.17, 15) is 4.39 Å². The Labute approximate surface area is 204 Å². The minimum absolute atomic E-state index is 0.227. The lowest BCUT2D eigenvalue weighted by Gasteiger charge is -2.34. The lowest BCUT2D eigenvalue weighted by Crippen LogP contribution is -2.50. The number of allylic oxidation sites excluding steroid dienone is 3. The van der Waals surface area contributed by atoms with Crippen LogP contribution in [-0.4, -0.2) is 57.8 Å². The van der Waals surface area contributed by atoms with Crippen molar-refractivity contribution in [3.8, 4) is 0 Å². The summed E-state index contributed by atoms with van der Waals surface area (Å²) < 4.78 is 20.3. The van der Waals surface area contributed by atoms with Gasteiger partial charge in [0.15, 0.2) is 6.35 Å². The lowest BCUT2D eigenvalue weighted by atomic mass is 10.2. The number of benzene rings is 1. The summed E-state index contributed by atoms with van der Waals surface area (Å²) >= 11 is 0. The lowest BCUT2D eigenvalue weighted by molar-refractivity contribution is -0.0695. The molecule has 33 heavy (non-hydrogen) atoms. The van der Waals surface area contributed by atoms with Crippen molar-refractivity contribution in [2.75, 3.05) is 41.7 Å². The summed E-state index contributed by atoms with van der Waals surface area (Å²) in [5, 5.41) is 3.44. The zero-order valence-corrected chi connectivity index (χ0v) is 22.8. The minimum atomic E-state index is -0.227. The van der Waals surface area contributed by atoms with Crippen LogP contribution in [-0.2, 0) is 16.0 Å². The van der Waals surface area contributed by atoms with Gasteiger partial charge >= 0.3 is 0 Å². The molecule has 5 nitrogen and oxygen atoms in total. The number of halogens is 1. The molecule has 0 spiro atoms. The average molecular weight is 468 g/mol. The molecule has 6 heteroatoms. The van der Waals surface area contributed by atoms with Crippen molar-refractivity contribution in [2.45, 2.75) is 60.9 Å². The first-order chi connectivity index (χ1) is 16.0. The molecule has 1 unspecified atom stereocenters. The molecular formula is C27H50FN3O2. The van der Waals surface area contributed by atoms with E-state index in [1.165, 1.54) is 5.56 Å². The van der Waals surface area contributed by atoms with Gasteiger partial charge in [-0.05, 0) is 38.1 Å². The minimum Gasteiger partial charge on any atom is -0.497 e. The number of alkyl halides is 1. The third-order valence-corrected chi connectivity index (χ3v) is 4.10. The second kappa shape index (κ2) is 26.1. The van der Waals surface area contributed by atoms with Crippen LogP contribution in [0, 0.1) is 0 Å². The summed E-state index contributed by atoms with van der Waals surface area (Å²) in [5.74, 6) is 0.609. The molecule has 0 bridgehead atoms. The Bertz CT molecular complexity index is 607. The maximum atomic E-state index is 9.50. The zero-order chi connectivity index (χ0) is 26.1. The van der Waals surface area contributed by atoms with Gasteiger partial charge in [-0.25, -0.2) is 4.90 Å². The standard InChI is InChI=1S/C22H35N3O2.2C2H6.CH3F/c1-7-16-25(18-24(4)17-20-12-10-9-11-13-20)22(27-6)23-21(8-2)15-14-19(3)26-5;3*1-2/h8-15,22-23H,3,7,16-18H2,1-2,4-6H3;2*1-2H3;1H3/b15-14-,21-8+;;;. The fraction of sp³-hybridized carbons (Fsp3) is 0.556. The predicted octanol–water partition coefficient (Wildman–Crippen LogP) is 6.57. The monoisotopic (exact) mass is 467 g/mol. The van der Waals surface area contributed by atoms with Gasteiger partial charge in [-0.1, -0.05) is 77.6 Å². The smallest absolute Gasteiger partial charge is 0.187 e. The topological polar surface area (TPSA) is 37.0 Å². The van der Waals surface area contributed by atoms with Crippen LogP contribution in [0.1, 0.15) is 53.5 Å². The highest BCUT2D eigenvalue weighted by atomic mass is 19.1. The van der Waals surface area contributed by atoms with Crippen molar-refractivity contribution in [2.24, 2.45) is 0 Å². The Balaban J connectivity index is -0.00000138. The van der Waals surface area contributed by atoms with Gasteiger partial charge < -0.3 is 14.8 Å². The van der Waals surface area contributed by atoms with Crippen LogP contribution in [0.15, 0.2) is 66.6 Å². The van der Waals surface area contributed by atoms with Gasteiger partial charge in [0.05, 0.1) is 21.0 Å². The van der Waals surface area contributed by atoms with Crippen molar-refractivity contribution in [1.29, 1.82) is 0 Å². The Hall–Kier alpha value is -2.15. The van der Waals surface area contributed by atoms with Crippen LogP contribution in [0.4, 0.5) is 4.39 Å². The van der Waals surface area contributed by atoms with Crippen LogP contribution < -0.4 is 5.32 Å². The summed E-state index contributed by atoms with van der Waals surface area (Å²) in [5.41, 5.74) is 2.25. The maximum Gasteiger partial charge on any atom is 0.187 e. The number of ether oxygens (including phenoxy) is 2. The predicted molar refractivity (Wildman–Crippen MR) is 142 cm³/mol. The fourth-order valence-electron chi connectivity index (χ4n) is 2.72. The van der Waals surface area contributed by atoms with E-state index >= 15 is 0 Å². The molecule has 192 valence electrons. The van der Waals surface area contributed by atoms with Crippen LogP contribution in [0.2, 0.25) is 0 Å². The van der Waals surface area contributed by atoms with Gasteiger partial charge in [0, 0.05) is 25.9 Å². The van der Waals surface area contributed by atoms with Gasteiger partial charge in [-0.15, -0.1) is 0 Å². The fourth-order valence-corrected chi connectivity index (χ4v) is 2.72. The largest absolute Gasteiger partial charge is 0.497 e. The van der Waals surface area contributed by atoms with Gasteiger partial charge in [0.25, 0.3) is 0 Å². The van der Waals surface area contributed by atoms with Crippen molar-refractivity contribution in [3.05, 3.63) is 72.2 Å². The number of hydrogen-bond acceptors (Lipinski definition) is 5. The summed E-state index contributed by atoms with van der Waals surface area (Å²) in [4.78, 5) is 4.57. The Kier molecular flexibility index (Phi) is 28.0. The quantitative estimate of drug-likeness (QED) is 0.202. The maximum absolute atomic E-state index is 9.50. The van der Waals surface area contributed by atoms with E-state index in [0.29, 0.717) is 12.9 Å². The van der Waals surface area contributed by atoms with Crippen LogP contribution in [0.5, 0.6) is 0 Å². The van der Waals surface area contributed by atoms with Crippen molar-refractivity contribution in [3.63, 3.8) is 0 Å². The highest BCUT2D eigenvalue weighted by molar-refractivity contribution is 5.22. The van der Waals surface area contributed by atoms with Crippen molar-refractivity contribution < 1.29 is 13.9 Å². The van der Waals surface area contributed by atoms with Crippen molar-refractivity contribution >= 4 is 0 Å². The van der Waals surface area contributed by atoms with Crippen LogP contribution in [0.3, 0.4) is 0 Å². The molecule has 0 aliphatic rings. The molecule has 0 aliphatic heterocycles. The second-order valence-corrected chi connectivity index (χ2v) is 6.43. The first kappa shape index (κ1) is 35.4. The van der Waals surface area contributed by atoms with Gasteiger partial charge in [-0.2, -0.15) is 0 Å². The Morgan fingerprint density at radius 3 is 2.12 bits per heavy atom. The number of nitrogens with zero attached hydrogens (tertiary/aromatic N) is 2. The first-order valence-electron chi connectivity index (χ1n) is 11.7. The van der Waals surface area contributed by atoms with E-state index in [1.807, 2.05) is 58.9 Å². The van der Waals surface area contributed by atoms with Crippen molar-refractivity contribution in [1.82, 2.24) is 15.1 Å². The molecule has 1 N–H and O–H groups in total. The number of rotatable bonds is 13. The molecular weight excluding hydrogens is 417 g/mol. The summed E-state index contributed by atoms with van der Waals surface area (Å²) in [6.07, 6.45) is 6.59. The highest BCUT2D eigenvalue weighted by Gasteiger charge is 2.19. The van der Waals surface area contributed by atoms with E-state index in [-0.39, 0.29) is 6.35 Å². The first-order valence-corrected chi connectivity index (χ1v) is 11.7.